The first-order valence-electron chi connectivity index (χ1n) is 9.00. The van der Waals surface area contributed by atoms with Gasteiger partial charge in [-0.1, -0.05) is 23.7 Å². The Morgan fingerprint density at radius 2 is 1.67 bits per heavy atom. The van der Waals surface area contributed by atoms with Crippen molar-refractivity contribution < 1.29 is 4.74 Å². The van der Waals surface area contributed by atoms with Gasteiger partial charge in [0.25, 0.3) is 0 Å². The van der Waals surface area contributed by atoms with Crippen molar-refractivity contribution in [3.63, 3.8) is 0 Å². The van der Waals surface area contributed by atoms with E-state index >= 15 is 0 Å². The minimum atomic E-state index is 0.503. The summed E-state index contributed by atoms with van der Waals surface area (Å²) in [5, 5.41) is 4.03. The molecule has 0 saturated heterocycles. The molecule has 2 aromatic carbocycles. The molecule has 0 radical (unpaired) electrons. The van der Waals surface area contributed by atoms with E-state index in [1.807, 2.05) is 54.6 Å². The van der Waals surface area contributed by atoms with Crippen LogP contribution in [0.15, 0.2) is 60.8 Å². The second kappa shape index (κ2) is 9.24. The van der Waals surface area contributed by atoms with Crippen LogP contribution in [0.5, 0.6) is 5.75 Å². The standard InChI is InChI=1S/C21H23ClN4O/c1-3-26(4-2)21-23-14-13-20(25-21)24-18-9-11-19(12-10-18)27-15-16-5-7-17(22)8-6-16/h5-14H,3-4,15H2,1-2H3,(H,23,24,25). The Kier molecular flexibility index (Phi) is 6.49. The molecule has 0 amide bonds. The summed E-state index contributed by atoms with van der Waals surface area (Å²) < 4.78 is 5.81. The topological polar surface area (TPSA) is 50.3 Å². The molecule has 1 aromatic heterocycles. The quantitative estimate of drug-likeness (QED) is 0.573. The van der Waals surface area contributed by atoms with Gasteiger partial charge in [-0.25, -0.2) is 4.98 Å². The molecule has 140 valence electrons. The third-order valence-corrected chi connectivity index (χ3v) is 4.39. The lowest BCUT2D eigenvalue weighted by Crippen LogP contribution is -2.24. The van der Waals surface area contributed by atoms with Crippen LogP contribution in [0.2, 0.25) is 5.02 Å². The molecule has 0 fully saturated rings. The number of aromatic nitrogens is 2. The van der Waals surface area contributed by atoms with E-state index in [0.717, 1.165) is 46.9 Å². The summed E-state index contributed by atoms with van der Waals surface area (Å²) >= 11 is 5.90. The van der Waals surface area contributed by atoms with Crippen molar-refractivity contribution in [2.24, 2.45) is 0 Å². The first-order chi connectivity index (χ1) is 13.2. The van der Waals surface area contributed by atoms with Crippen LogP contribution in [-0.4, -0.2) is 23.1 Å². The van der Waals surface area contributed by atoms with Crippen LogP contribution in [-0.2, 0) is 6.61 Å². The normalized spacial score (nSPS) is 10.5. The Balaban J connectivity index is 1.60. The number of nitrogens with zero attached hydrogens (tertiary/aromatic N) is 3. The molecule has 0 aliphatic carbocycles. The molecule has 3 aromatic rings. The van der Waals surface area contributed by atoms with Crippen molar-refractivity contribution in [2.75, 3.05) is 23.3 Å². The lowest BCUT2D eigenvalue weighted by Gasteiger charge is -2.18. The maximum atomic E-state index is 5.90. The summed E-state index contributed by atoms with van der Waals surface area (Å²) in [4.78, 5) is 11.0. The van der Waals surface area contributed by atoms with Crippen LogP contribution in [0.1, 0.15) is 19.4 Å². The van der Waals surface area contributed by atoms with Crippen LogP contribution >= 0.6 is 11.6 Å². The fraction of sp³-hybridized carbons (Fsp3) is 0.238. The van der Waals surface area contributed by atoms with Crippen molar-refractivity contribution in [2.45, 2.75) is 20.5 Å². The van der Waals surface area contributed by atoms with E-state index in [0.29, 0.717) is 6.61 Å². The first kappa shape index (κ1) is 19.0. The van der Waals surface area contributed by atoms with Crippen LogP contribution in [0, 0.1) is 0 Å². The van der Waals surface area contributed by atoms with Crippen molar-refractivity contribution in [3.8, 4) is 5.75 Å². The third kappa shape index (κ3) is 5.34. The molecular formula is C21H23ClN4O. The zero-order chi connectivity index (χ0) is 19.1. The van der Waals surface area contributed by atoms with Gasteiger partial charge in [-0.3, -0.25) is 0 Å². The monoisotopic (exact) mass is 382 g/mol. The maximum absolute atomic E-state index is 5.90. The molecule has 0 atom stereocenters. The minimum absolute atomic E-state index is 0.503. The van der Waals surface area contributed by atoms with Gasteiger partial charge < -0.3 is 15.0 Å². The van der Waals surface area contributed by atoms with E-state index in [4.69, 9.17) is 16.3 Å². The van der Waals surface area contributed by atoms with Crippen molar-refractivity contribution in [3.05, 3.63) is 71.4 Å². The molecule has 6 heteroatoms. The predicted octanol–water partition coefficient (Wildman–Crippen LogP) is 5.30. The number of rotatable bonds is 8. The average molecular weight is 383 g/mol. The smallest absolute Gasteiger partial charge is 0.227 e. The number of benzene rings is 2. The summed E-state index contributed by atoms with van der Waals surface area (Å²) in [6.45, 7) is 6.44. The van der Waals surface area contributed by atoms with Gasteiger partial charge in [0.05, 0.1) is 0 Å². The lowest BCUT2D eigenvalue weighted by atomic mass is 10.2. The molecule has 1 heterocycles. The van der Waals surface area contributed by atoms with Crippen LogP contribution < -0.4 is 15.0 Å². The molecular weight excluding hydrogens is 360 g/mol. The minimum Gasteiger partial charge on any atom is -0.489 e. The summed E-state index contributed by atoms with van der Waals surface area (Å²) in [7, 11) is 0. The summed E-state index contributed by atoms with van der Waals surface area (Å²) in [6.07, 6.45) is 1.77. The number of hydrogen-bond acceptors (Lipinski definition) is 5. The molecule has 27 heavy (non-hydrogen) atoms. The fourth-order valence-corrected chi connectivity index (χ4v) is 2.73. The van der Waals surface area contributed by atoms with Gasteiger partial charge in [0.1, 0.15) is 18.2 Å². The highest BCUT2D eigenvalue weighted by Crippen LogP contribution is 2.21. The highest BCUT2D eigenvalue weighted by Gasteiger charge is 2.06. The first-order valence-corrected chi connectivity index (χ1v) is 9.38. The molecule has 5 nitrogen and oxygen atoms in total. The Hall–Kier alpha value is -2.79. The van der Waals surface area contributed by atoms with Crippen molar-refractivity contribution in [1.29, 1.82) is 0 Å². The second-order valence-corrected chi connectivity index (χ2v) is 6.42. The van der Waals surface area contributed by atoms with Crippen LogP contribution in [0.4, 0.5) is 17.5 Å². The van der Waals surface area contributed by atoms with Gasteiger partial charge in [0.15, 0.2) is 0 Å². The lowest BCUT2D eigenvalue weighted by molar-refractivity contribution is 0.306. The van der Waals surface area contributed by atoms with E-state index in [-0.39, 0.29) is 0 Å². The molecule has 1 N–H and O–H groups in total. The van der Waals surface area contributed by atoms with E-state index < -0.39 is 0 Å². The number of nitrogens with one attached hydrogen (secondary N) is 1. The van der Waals surface area contributed by atoms with Crippen LogP contribution in [0.25, 0.3) is 0 Å². The summed E-state index contributed by atoms with van der Waals surface area (Å²) in [6, 6.07) is 17.3. The molecule has 0 spiro atoms. The molecule has 0 bridgehead atoms. The number of ether oxygens (including phenoxy) is 1. The third-order valence-electron chi connectivity index (χ3n) is 4.13. The van der Waals surface area contributed by atoms with Gasteiger partial charge in [-0.2, -0.15) is 4.98 Å². The average Bonchev–Trinajstić information content (AvgIpc) is 2.70. The number of anilines is 3. The number of halogens is 1. The number of hydrogen-bond donors (Lipinski definition) is 1. The van der Waals surface area contributed by atoms with E-state index in [1.54, 1.807) is 6.20 Å². The highest BCUT2D eigenvalue weighted by molar-refractivity contribution is 6.30. The molecule has 3 rings (SSSR count). The Morgan fingerprint density at radius 1 is 0.963 bits per heavy atom. The van der Waals surface area contributed by atoms with Crippen molar-refractivity contribution >= 4 is 29.1 Å². The Labute approximate surface area is 165 Å². The molecule has 0 unspecified atom stereocenters. The van der Waals surface area contributed by atoms with Gasteiger partial charge in [-0.15, -0.1) is 0 Å². The second-order valence-electron chi connectivity index (χ2n) is 5.98. The Bertz CT molecular complexity index is 849. The molecule has 0 aliphatic heterocycles. The van der Waals surface area contributed by atoms with Gasteiger partial charge >= 0.3 is 0 Å². The predicted molar refractivity (Wildman–Crippen MR) is 111 cm³/mol. The zero-order valence-corrected chi connectivity index (χ0v) is 16.3. The van der Waals surface area contributed by atoms with E-state index in [2.05, 4.69) is 34.0 Å². The summed E-state index contributed by atoms with van der Waals surface area (Å²) in [5.74, 6) is 2.30. The largest absolute Gasteiger partial charge is 0.489 e. The van der Waals surface area contributed by atoms with Gasteiger partial charge in [0.2, 0.25) is 5.95 Å². The SMILES string of the molecule is CCN(CC)c1nccc(Nc2ccc(OCc3ccc(Cl)cc3)cc2)n1. The van der Waals surface area contributed by atoms with Crippen LogP contribution in [0.3, 0.4) is 0 Å². The molecule has 0 saturated carbocycles. The Morgan fingerprint density at radius 3 is 2.33 bits per heavy atom. The van der Waals surface area contributed by atoms with Crippen molar-refractivity contribution in [1.82, 2.24) is 9.97 Å². The zero-order valence-electron chi connectivity index (χ0n) is 15.5. The molecule has 0 aliphatic rings. The van der Waals surface area contributed by atoms with E-state index in [1.165, 1.54) is 0 Å². The van der Waals surface area contributed by atoms with Gasteiger partial charge in [0, 0.05) is 30.0 Å². The summed E-state index contributed by atoms with van der Waals surface area (Å²) in [5.41, 5.74) is 2.02. The fourth-order valence-electron chi connectivity index (χ4n) is 2.61. The maximum Gasteiger partial charge on any atom is 0.227 e. The highest BCUT2D eigenvalue weighted by atomic mass is 35.5. The van der Waals surface area contributed by atoms with E-state index in [9.17, 15) is 0 Å². The van der Waals surface area contributed by atoms with Gasteiger partial charge in [-0.05, 0) is 61.9 Å².